The van der Waals surface area contributed by atoms with Crippen molar-refractivity contribution in [2.24, 2.45) is 5.41 Å². The van der Waals surface area contributed by atoms with Gasteiger partial charge in [-0.3, -0.25) is 9.59 Å². The van der Waals surface area contributed by atoms with Gasteiger partial charge in [-0.1, -0.05) is 0 Å². The van der Waals surface area contributed by atoms with E-state index in [9.17, 15) is 9.59 Å². The minimum atomic E-state index is -0.883. The molecule has 1 rings (SSSR count). The van der Waals surface area contributed by atoms with Crippen LogP contribution in [0.3, 0.4) is 0 Å². The highest BCUT2D eigenvalue weighted by molar-refractivity contribution is 9.10. The van der Waals surface area contributed by atoms with Gasteiger partial charge in [0.05, 0.1) is 16.2 Å². The molecule has 0 aliphatic heterocycles. The number of hydrogen-bond donors (Lipinski definition) is 2. The Morgan fingerprint density at radius 2 is 2.18 bits per heavy atom. The molecule has 1 amide bonds. The number of carbonyl (C=O) groups excluding carboxylic acids is 1. The highest BCUT2D eigenvalue weighted by Crippen LogP contribution is 2.20. The maximum atomic E-state index is 11.6. The van der Waals surface area contributed by atoms with Crippen LogP contribution >= 0.6 is 15.9 Å². The number of carbonyl (C=O) groups is 2. The lowest BCUT2D eigenvalue weighted by molar-refractivity contribution is -0.147. The number of carboxylic acid groups (broad SMARTS) is 1. The summed E-state index contributed by atoms with van der Waals surface area (Å²) in [7, 11) is 0. The van der Waals surface area contributed by atoms with Gasteiger partial charge in [0.15, 0.2) is 0 Å². The molecule has 0 fully saturated rings. The normalized spacial score (nSPS) is 11.2. The minimum absolute atomic E-state index is 0.193. The van der Waals surface area contributed by atoms with Gasteiger partial charge in [0.25, 0.3) is 5.91 Å². The summed E-state index contributed by atoms with van der Waals surface area (Å²) in [5.74, 6) is -1.05. The Hall–Kier alpha value is -1.30. The van der Waals surface area contributed by atoms with Crippen LogP contribution in [0.2, 0.25) is 0 Å². The van der Waals surface area contributed by atoms with E-state index in [-0.39, 0.29) is 18.2 Å². The van der Waals surface area contributed by atoms with Gasteiger partial charge in [-0.25, -0.2) is 0 Å². The Balaban J connectivity index is 2.46. The van der Waals surface area contributed by atoms with Gasteiger partial charge in [0.1, 0.15) is 0 Å². The largest absolute Gasteiger partial charge is 0.481 e. The molecule has 0 radical (unpaired) electrons. The van der Waals surface area contributed by atoms with Crippen LogP contribution < -0.4 is 5.32 Å². The van der Waals surface area contributed by atoms with Gasteiger partial charge in [0.2, 0.25) is 5.76 Å². The number of halogens is 1. The van der Waals surface area contributed by atoms with Crippen LogP contribution in [0.4, 0.5) is 0 Å². The lowest BCUT2D eigenvalue weighted by atomic mass is 9.90. The Morgan fingerprint density at radius 3 is 2.65 bits per heavy atom. The number of nitrogens with one attached hydrogen (secondary N) is 1. The predicted molar refractivity (Wildman–Crippen MR) is 64.8 cm³/mol. The molecule has 0 bridgehead atoms. The van der Waals surface area contributed by atoms with Gasteiger partial charge in [-0.05, 0) is 42.3 Å². The van der Waals surface area contributed by atoms with Gasteiger partial charge < -0.3 is 14.8 Å². The molecule has 5 nitrogen and oxygen atoms in total. The fourth-order valence-electron chi connectivity index (χ4n) is 1.13. The van der Waals surface area contributed by atoms with E-state index in [1.54, 1.807) is 19.9 Å². The van der Waals surface area contributed by atoms with Crippen LogP contribution in [-0.2, 0) is 4.79 Å². The zero-order valence-electron chi connectivity index (χ0n) is 9.62. The van der Waals surface area contributed by atoms with Crippen molar-refractivity contribution in [2.45, 2.75) is 20.3 Å². The maximum absolute atomic E-state index is 11.6. The molecule has 1 aromatic heterocycles. The Bertz CT molecular complexity index is 425. The summed E-state index contributed by atoms with van der Waals surface area (Å²) in [5.41, 5.74) is -0.853. The summed E-state index contributed by atoms with van der Waals surface area (Å²) in [4.78, 5) is 22.4. The molecule has 0 spiro atoms. The van der Waals surface area contributed by atoms with E-state index >= 15 is 0 Å². The number of hydrogen-bond acceptors (Lipinski definition) is 3. The molecule has 0 aromatic carbocycles. The molecule has 0 aliphatic carbocycles. The molecule has 2 N–H and O–H groups in total. The molecule has 17 heavy (non-hydrogen) atoms. The molecule has 0 saturated carbocycles. The average molecular weight is 304 g/mol. The number of amides is 1. The average Bonchev–Trinajstić information content (AvgIpc) is 2.63. The monoisotopic (exact) mass is 303 g/mol. The molecule has 0 unspecified atom stereocenters. The van der Waals surface area contributed by atoms with Gasteiger partial charge >= 0.3 is 5.97 Å². The lowest BCUT2D eigenvalue weighted by Crippen LogP contribution is -2.31. The number of furan rings is 1. The highest BCUT2D eigenvalue weighted by Gasteiger charge is 2.26. The highest BCUT2D eigenvalue weighted by atomic mass is 79.9. The molecule has 0 atom stereocenters. The summed E-state index contributed by atoms with van der Waals surface area (Å²) in [6.07, 6.45) is 1.76. The van der Waals surface area contributed by atoms with Gasteiger partial charge in [-0.15, -0.1) is 0 Å². The van der Waals surface area contributed by atoms with Crippen LogP contribution in [0.1, 0.15) is 30.8 Å². The molecule has 1 aromatic rings. The lowest BCUT2D eigenvalue weighted by Gasteiger charge is -2.18. The fraction of sp³-hybridized carbons (Fsp3) is 0.455. The first kappa shape index (κ1) is 13.8. The molecule has 94 valence electrons. The van der Waals surface area contributed by atoms with E-state index in [2.05, 4.69) is 21.2 Å². The molecule has 6 heteroatoms. The summed E-state index contributed by atoms with van der Waals surface area (Å²) in [6, 6.07) is 1.62. The summed E-state index contributed by atoms with van der Waals surface area (Å²) in [5, 5.41) is 11.5. The number of rotatable bonds is 5. The Labute approximate surface area is 107 Å². The smallest absolute Gasteiger partial charge is 0.309 e. The second-order valence-electron chi connectivity index (χ2n) is 4.29. The van der Waals surface area contributed by atoms with Crippen LogP contribution in [0.15, 0.2) is 21.2 Å². The van der Waals surface area contributed by atoms with Crippen LogP contribution in [0.25, 0.3) is 0 Å². The minimum Gasteiger partial charge on any atom is -0.481 e. The van der Waals surface area contributed by atoms with Crippen molar-refractivity contribution in [3.05, 3.63) is 22.6 Å². The molecule has 0 saturated heterocycles. The third-order valence-electron chi connectivity index (χ3n) is 2.44. The van der Waals surface area contributed by atoms with E-state index in [0.717, 1.165) is 0 Å². The Kier molecular flexibility index (Phi) is 4.34. The van der Waals surface area contributed by atoms with Crippen molar-refractivity contribution in [1.29, 1.82) is 0 Å². The number of carboxylic acids is 1. The molecular formula is C11H14BrNO4. The third kappa shape index (κ3) is 3.59. The zero-order chi connectivity index (χ0) is 13.1. The fourth-order valence-corrected chi connectivity index (χ4v) is 1.51. The molecular weight excluding hydrogens is 290 g/mol. The van der Waals surface area contributed by atoms with Gasteiger partial charge in [-0.2, -0.15) is 0 Å². The van der Waals surface area contributed by atoms with E-state index in [1.807, 2.05) is 0 Å². The standard InChI is InChI=1S/C11H14BrNO4/c1-11(2,10(15)16)4-5-13-9(14)8-7(12)3-6-17-8/h3,6H,4-5H2,1-2H3,(H,13,14)(H,15,16). The van der Waals surface area contributed by atoms with E-state index < -0.39 is 11.4 Å². The SMILES string of the molecule is CC(C)(CCNC(=O)c1occc1Br)C(=O)O. The Morgan fingerprint density at radius 1 is 1.53 bits per heavy atom. The first-order chi connectivity index (χ1) is 7.84. The topological polar surface area (TPSA) is 79.5 Å². The van der Waals surface area contributed by atoms with Crippen LogP contribution in [-0.4, -0.2) is 23.5 Å². The summed E-state index contributed by atoms with van der Waals surface area (Å²) >= 11 is 3.17. The quantitative estimate of drug-likeness (QED) is 0.874. The van der Waals surface area contributed by atoms with Crippen LogP contribution in [0, 0.1) is 5.41 Å². The van der Waals surface area contributed by atoms with Crippen molar-refractivity contribution < 1.29 is 19.1 Å². The second-order valence-corrected chi connectivity index (χ2v) is 5.15. The van der Waals surface area contributed by atoms with E-state index in [1.165, 1.54) is 6.26 Å². The van der Waals surface area contributed by atoms with Gasteiger partial charge in [0, 0.05) is 6.54 Å². The van der Waals surface area contributed by atoms with E-state index in [0.29, 0.717) is 10.9 Å². The van der Waals surface area contributed by atoms with E-state index in [4.69, 9.17) is 9.52 Å². The van der Waals surface area contributed by atoms with Crippen molar-refractivity contribution in [3.8, 4) is 0 Å². The third-order valence-corrected chi connectivity index (χ3v) is 3.06. The molecule has 0 aliphatic rings. The van der Waals surface area contributed by atoms with Crippen molar-refractivity contribution in [2.75, 3.05) is 6.54 Å². The molecule has 1 heterocycles. The van der Waals surface area contributed by atoms with Crippen molar-refractivity contribution in [1.82, 2.24) is 5.32 Å². The second kappa shape index (κ2) is 5.35. The summed E-state index contributed by atoms with van der Waals surface area (Å²) < 4.78 is 5.56. The number of aliphatic carboxylic acids is 1. The summed E-state index contributed by atoms with van der Waals surface area (Å²) in [6.45, 7) is 3.51. The van der Waals surface area contributed by atoms with Crippen molar-refractivity contribution in [3.63, 3.8) is 0 Å². The zero-order valence-corrected chi connectivity index (χ0v) is 11.2. The maximum Gasteiger partial charge on any atom is 0.309 e. The van der Waals surface area contributed by atoms with Crippen molar-refractivity contribution >= 4 is 27.8 Å². The predicted octanol–water partition coefficient (Wildman–Crippen LogP) is 2.27. The first-order valence-corrected chi connectivity index (χ1v) is 5.88. The van der Waals surface area contributed by atoms with Crippen LogP contribution in [0.5, 0.6) is 0 Å². The first-order valence-electron chi connectivity index (χ1n) is 5.09.